The molecule has 0 atom stereocenters. The van der Waals surface area contributed by atoms with E-state index in [9.17, 15) is 9.59 Å². The summed E-state index contributed by atoms with van der Waals surface area (Å²) in [5, 5.41) is 9.07. The van der Waals surface area contributed by atoms with E-state index in [1.807, 2.05) is 18.2 Å². The third-order valence-electron chi connectivity index (χ3n) is 2.76. The van der Waals surface area contributed by atoms with Gasteiger partial charge in [-0.15, -0.1) is 0 Å². The molecular weight excluding hydrogens is 244 g/mol. The Labute approximate surface area is 109 Å². The lowest BCUT2D eigenvalue weighted by molar-refractivity contribution is -0.131. The monoisotopic (exact) mass is 258 g/mol. The number of aliphatic carboxylic acids is 1. The van der Waals surface area contributed by atoms with E-state index < -0.39 is 5.97 Å². The number of aryl methyl sites for hydroxylation is 1. The summed E-state index contributed by atoms with van der Waals surface area (Å²) in [7, 11) is 0. The lowest BCUT2D eigenvalue weighted by Crippen LogP contribution is -2.16. The Hall–Kier alpha value is -2.43. The van der Waals surface area contributed by atoms with Crippen LogP contribution in [-0.2, 0) is 11.2 Å². The number of carboxylic acids is 1. The highest BCUT2D eigenvalue weighted by molar-refractivity contribution is 5.83. The molecule has 1 aromatic heterocycles. The van der Waals surface area contributed by atoms with Crippen LogP contribution in [0, 0.1) is 0 Å². The van der Waals surface area contributed by atoms with Crippen LogP contribution in [0.25, 0.3) is 17.1 Å². The quantitative estimate of drug-likeness (QED) is 0.850. The molecule has 0 radical (unpaired) electrons. The number of nitrogens with zero attached hydrogens (tertiary/aromatic N) is 2. The third kappa shape index (κ3) is 2.88. The number of carbonyl (C=O) groups is 1. The van der Waals surface area contributed by atoms with E-state index >= 15 is 0 Å². The summed E-state index contributed by atoms with van der Waals surface area (Å²) < 4.78 is 1.17. The van der Waals surface area contributed by atoms with Gasteiger partial charge in [0.1, 0.15) is 6.33 Å². The molecule has 0 spiro atoms. The fraction of sp³-hybridized carbons (Fsp3) is 0.214. The van der Waals surface area contributed by atoms with E-state index in [1.54, 1.807) is 0 Å². The summed E-state index contributed by atoms with van der Waals surface area (Å²) >= 11 is 0. The van der Waals surface area contributed by atoms with E-state index in [0.717, 1.165) is 24.5 Å². The predicted molar refractivity (Wildman–Crippen MR) is 73.0 cm³/mol. The van der Waals surface area contributed by atoms with Crippen LogP contribution in [0.1, 0.15) is 18.9 Å². The molecule has 1 heterocycles. The van der Waals surface area contributed by atoms with Crippen molar-refractivity contribution in [2.24, 2.45) is 0 Å². The zero-order chi connectivity index (χ0) is 13.8. The molecule has 1 aromatic carbocycles. The van der Waals surface area contributed by atoms with Crippen molar-refractivity contribution in [2.45, 2.75) is 19.8 Å². The Morgan fingerprint density at radius 2 is 2.26 bits per heavy atom. The molecule has 1 N–H and O–H groups in total. The first-order valence-electron chi connectivity index (χ1n) is 6.02. The summed E-state index contributed by atoms with van der Waals surface area (Å²) in [6.07, 6.45) is 5.33. The van der Waals surface area contributed by atoms with Crippen LogP contribution in [0.2, 0.25) is 0 Å². The van der Waals surface area contributed by atoms with Gasteiger partial charge in [-0.3, -0.25) is 9.36 Å². The van der Waals surface area contributed by atoms with E-state index in [0.29, 0.717) is 10.9 Å². The number of benzene rings is 1. The zero-order valence-corrected chi connectivity index (χ0v) is 10.5. The van der Waals surface area contributed by atoms with Crippen molar-refractivity contribution in [2.75, 3.05) is 0 Å². The van der Waals surface area contributed by atoms with Crippen molar-refractivity contribution >= 4 is 23.1 Å². The molecule has 0 aliphatic heterocycles. The average molecular weight is 258 g/mol. The number of hydrogen-bond acceptors (Lipinski definition) is 3. The molecule has 2 rings (SSSR count). The minimum absolute atomic E-state index is 0.263. The SMILES string of the molecule is CCCc1ccc2ncn(C=CC(=O)O)c(=O)c2c1. The fourth-order valence-corrected chi connectivity index (χ4v) is 1.88. The van der Waals surface area contributed by atoms with Crippen molar-refractivity contribution in [3.63, 3.8) is 0 Å². The Morgan fingerprint density at radius 3 is 2.95 bits per heavy atom. The Bertz CT molecular complexity index is 701. The predicted octanol–water partition coefficient (Wildman–Crippen LogP) is 1.90. The molecular formula is C14H14N2O3. The van der Waals surface area contributed by atoms with Gasteiger partial charge in [-0.1, -0.05) is 19.4 Å². The Balaban J connectivity index is 2.55. The van der Waals surface area contributed by atoms with Crippen LogP contribution in [0.3, 0.4) is 0 Å². The van der Waals surface area contributed by atoms with Gasteiger partial charge in [-0.2, -0.15) is 0 Å². The Kier molecular flexibility index (Phi) is 3.75. The van der Waals surface area contributed by atoms with Gasteiger partial charge in [0.25, 0.3) is 5.56 Å². The summed E-state index contributed by atoms with van der Waals surface area (Å²) in [5.74, 6) is -1.10. The van der Waals surface area contributed by atoms with Crippen LogP contribution in [0.5, 0.6) is 0 Å². The summed E-state index contributed by atoms with van der Waals surface area (Å²) in [6.45, 7) is 2.07. The Morgan fingerprint density at radius 1 is 1.47 bits per heavy atom. The van der Waals surface area contributed by atoms with Gasteiger partial charge >= 0.3 is 5.97 Å². The maximum Gasteiger partial charge on any atom is 0.329 e. The molecule has 98 valence electrons. The molecule has 5 nitrogen and oxygen atoms in total. The normalized spacial score (nSPS) is 11.2. The average Bonchev–Trinajstić information content (AvgIpc) is 2.39. The van der Waals surface area contributed by atoms with Gasteiger partial charge in [0.2, 0.25) is 0 Å². The highest BCUT2D eigenvalue weighted by Gasteiger charge is 2.04. The molecule has 19 heavy (non-hydrogen) atoms. The first-order chi connectivity index (χ1) is 9.11. The van der Waals surface area contributed by atoms with Gasteiger partial charge in [0, 0.05) is 12.3 Å². The molecule has 0 aliphatic carbocycles. The second kappa shape index (κ2) is 5.48. The molecule has 0 aliphatic rings. The number of carboxylic acid groups (broad SMARTS) is 1. The molecule has 2 aromatic rings. The second-order valence-corrected chi connectivity index (χ2v) is 4.21. The maximum atomic E-state index is 12.2. The van der Waals surface area contributed by atoms with Gasteiger partial charge in [-0.05, 0) is 24.1 Å². The smallest absolute Gasteiger partial charge is 0.329 e. The highest BCUT2D eigenvalue weighted by Crippen LogP contribution is 2.11. The topological polar surface area (TPSA) is 72.2 Å². The largest absolute Gasteiger partial charge is 0.478 e. The lowest BCUT2D eigenvalue weighted by Gasteiger charge is -2.03. The first-order valence-corrected chi connectivity index (χ1v) is 6.02. The lowest BCUT2D eigenvalue weighted by atomic mass is 10.1. The van der Waals surface area contributed by atoms with Gasteiger partial charge in [0.15, 0.2) is 0 Å². The molecule has 0 bridgehead atoms. The summed E-state index contributed by atoms with van der Waals surface area (Å²) in [5.41, 5.74) is 1.43. The van der Waals surface area contributed by atoms with Crippen molar-refractivity contribution < 1.29 is 9.90 Å². The minimum atomic E-state index is -1.10. The fourth-order valence-electron chi connectivity index (χ4n) is 1.88. The zero-order valence-electron chi connectivity index (χ0n) is 10.5. The van der Waals surface area contributed by atoms with Gasteiger partial charge in [-0.25, -0.2) is 9.78 Å². The molecule has 0 unspecified atom stereocenters. The van der Waals surface area contributed by atoms with E-state index in [2.05, 4.69) is 11.9 Å². The van der Waals surface area contributed by atoms with Gasteiger partial charge in [0.05, 0.1) is 10.9 Å². The molecule has 5 heteroatoms. The van der Waals surface area contributed by atoms with Crippen molar-refractivity contribution in [1.82, 2.24) is 9.55 Å². The van der Waals surface area contributed by atoms with Gasteiger partial charge < -0.3 is 5.11 Å². The standard InChI is InChI=1S/C14H14N2O3/c1-2-3-10-4-5-12-11(8-10)14(19)16(9-15-12)7-6-13(17)18/h4-9H,2-3H2,1H3,(H,17,18). The number of hydrogen-bond donors (Lipinski definition) is 1. The second-order valence-electron chi connectivity index (χ2n) is 4.21. The van der Waals surface area contributed by atoms with E-state index in [-0.39, 0.29) is 5.56 Å². The maximum absolute atomic E-state index is 12.2. The summed E-state index contributed by atoms with van der Waals surface area (Å²) in [4.78, 5) is 26.8. The van der Waals surface area contributed by atoms with Crippen LogP contribution in [-0.4, -0.2) is 20.6 Å². The molecule has 0 amide bonds. The van der Waals surface area contributed by atoms with Crippen LogP contribution < -0.4 is 5.56 Å². The summed E-state index contributed by atoms with van der Waals surface area (Å²) in [6, 6.07) is 5.59. The van der Waals surface area contributed by atoms with Crippen molar-refractivity contribution in [3.8, 4) is 0 Å². The van der Waals surface area contributed by atoms with Crippen LogP contribution >= 0.6 is 0 Å². The van der Waals surface area contributed by atoms with Crippen molar-refractivity contribution in [1.29, 1.82) is 0 Å². The van der Waals surface area contributed by atoms with E-state index in [1.165, 1.54) is 17.1 Å². The van der Waals surface area contributed by atoms with Crippen LogP contribution in [0.4, 0.5) is 0 Å². The minimum Gasteiger partial charge on any atom is -0.478 e. The molecule has 0 saturated carbocycles. The van der Waals surface area contributed by atoms with Crippen LogP contribution in [0.15, 0.2) is 35.4 Å². The number of fused-ring (bicyclic) bond motifs is 1. The number of rotatable bonds is 4. The molecule has 0 saturated heterocycles. The molecule has 0 fully saturated rings. The third-order valence-corrected chi connectivity index (χ3v) is 2.76. The number of aromatic nitrogens is 2. The first kappa shape index (κ1) is 13.0. The van der Waals surface area contributed by atoms with E-state index in [4.69, 9.17) is 5.11 Å². The highest BCUT2D eigenvalue weighted by atomic mass is 16.4. The van der Waals surface area contributed by atoms with Crippen molar-refractivity contribution in [3.05, 3.63) is 46.5 Å².